The number of hydrogen-bond donors (Lipinski definition) is 1. The lowest BCUT2D eigenvalue weighted by Gasteiger charge is -2.14. The zero-order valence-corrected chi connectivity index (χ0v) is 13.4. The van der Waals surface area contributed by atoms with Gasteiger partial charge in [-0.3, -0.25) is 14.5 Å². The van der Waals surface area contributed by atoms with Crippen molar-refractivity contribution >= 4 is 11.8 Å². The molecule has 2 amide bonds. The van der Waals surface area contributed by atoms with Crippen molar-refractivity contribution in [2.45, 2.75) is 13.5 Å². The molecular formula is C19H14N2O4. The molecule has 2 aromatic carbocycles. The van der Waals surface area contributed by atoms with E-state index < -0.39 is 0 Å². The Hall–Kier alpha value is -3.41. The number of aryl methyl sites for hydroxylation is 1. The molecule has 0 spiro atoms. The Morgan fingerprint density at radius 2 is 1.60 bits per heavy atom. The summed E-state index contributed by atoms with van der Waals surface area (Å²) in [5, 5.41) is 13.4. The van der Waals surface area contributed by atoms with Crippen molar-refractivity contribution in [2.75, 3.05) is 0 Å². The van der Waals surface area contributed by atoms with E-state index in [9.17, 15) is 14.7 Å². The SMILES string of the molecule is Cc1noc(-c2ccc(O)cc2)c1CN1C(=O)c2ccccc2C1=O. The molecule has 0 radical (unpaired) electrons. The molecule has 1 aliphatic rings. The van der Waals surface area contributed by atoms with Crippen LogP contribution in [-0.2, 0) is 6.54 Å². The first-order chi connectivity index (χ1) is 12.1. The maximum Gasteiger partial charge on any atom is 0.261 e. The summed E-state index contributed by atoms with van der Waals surface area (Å²) in [6, 6.07) is 13.2. The number of imide groups is 1. The molecule has 0 bridgehead atoms. The van der Waals surface area contributed by atoms with Crippen molar-refractivity contribution in [3.05, 3.63) is 70.9 Å². The molecule has 0 saturated carbocycles. The van der Waals surface area contributed by atoms with Gasteiger partial charge in [-0.05, 0) is 43.3 Å². The molecular weight excluding hydrogens is 320 g/mol. The first kappa shape index (κ1) is 15.1. The second-order valence-corrected chi connectivity index (χ2v) is 5.86. The van der Waals surface area contributed by atoms with Crippen molar-refractivity contribution in [1.82, 2.24) is 10.1 Å². The third-order valence-corrected chi connectivity index (χ3v) is 4.31. The number of fused-ring (bicyclic) bond motifs is 1. The normalized spacial score (nSPS) is 13.4. The van der Waals surface area contributed by atoms with E-state index in [0.29, 0.717) is 33.7 Å². The third-order valence-electron chi connectivity index (χ3n) is 4.31. The number of aromatic hydroxyl groups is 1. The number of rotatable bonds is 3. The van der Waals surface area contributed by atoms with Crippen LogP contribution >= 0.6 is 0 Å². The summed E-state index contributed by atoms with van der Waals surface area (Å²) in [7, 11) is 0. The predicted molar refractivity (Wildman–Crippen MR) is 89.0 cm³/mol. The maximum atomic E-state index is 12.6. The largest absolute Gasteiger partial charge is 0.508 e. The lowest BCUT2D eigenvalue weighted by molar-refractivity contribution is 0.0642. The van der Waals surface area contributed by atoms with Gasteiger partial charge in [-0.15, -0.1) is 0 Å². The summed E-state index contributed by atoms with van der Waals surface area (Å²) < 4.78 is 5.40. The molecule has 3 aromatic rings. The minimum Gasteiger partial charge on any atom is -0.508 e. The number of carbonyl (C=O) groups excluding carboxylic acids is 2. The van der Waals surface area contributed by atoms with Gasteiger partial charge in [0.1, 0.15) is 5.75 Å². The molecule has 25 heavy (non-hydrogen) atoms. The zero-order chi connectivity index (χ0) is 17.6. The number of benzene rings is 2. The fourth-order valence-electron chi connectivity index (χ4n) is 2.96. The molecule has 0 saturated heterocycles. The van der Waals surface area contributed by atoms with Gasteiger partial charge in [-0.2, -0.15) is 0 Å². The molecule has 124 valence electrons. The van der Waals surface area contributed by atoms with Gasteiger partial charge in [0, 0.05) is 11.1 Å². The maximum absolute atomic E-state index is 12.6. The number of nitrogens with zero attached hydrogens (tertiary/aromatic N) is 2. The molecule has 1 aliphatic heterocycles. The molecule has 0 unspecified atom stereocenters. The third kappa shape index (κ3) is 2.39. The van der Waals surface area contributed by atoms with Crippen LogP contribution in [0.15, 0.2) is 53.1 Å². The number of carbonyl (C=O) groups is 2. The van der Waals surface area contributed by atoms with Crippen LogP contribution in [0.25, 0.3) is 11.3 Å². The average Bonchev–Trinajstić information content (AvgIpc) is 3.10. The van der Waals surface area contributed by atoms with Gasteiger partial charge in [0.2, 0.25) is 0 Å². The molecule has 0 fully saturated rings. The molecule has 6 heteroatoms. The topological polar surface area (TPSA) is 83.6 Å². The fourth-order valence-corrected chi connectivity index (χ4v) is 2.96. The van der Waals surface area contributed by atoms with Crippen molar-refractivity contribution in [1.29, 1.82) is 0 Å². The summed E-state index contributed by atoms with van der Waals surface area (Å²) in [5.74, 6) is -0.0216. The van der Waals surface area contributed by atoms with E-state index in [4.69, 9.17) is 4.52 Å². The van der Waals surface area contributed by atoms with E-state index in [2.05, 4.69) is 5.16 Å². The van der Waals surface area contributed by atoms with E-state index in [1.54, 1.807) is 55.5 Å². The first-order valence-electron chi connectivity index (χ1n) is 7.76. The van der Waals surface area contributed by atoms with E-state index in [1.165, 1.54) is 4.90 Å². The van der Waals surface area contributed by atoms with Crippen LogP contribution in [0, 0.1) is 6.92 Å². The van der Waals surface area contributed by atoms with Crippen molar-refractivity contribution in [3.8, 4) is 17.1 Å². The summed E-state index contributed by atoms with van der Waals surface area (Å²) >= 11 is 0. The Morgan fingerprint density at radius 1 is 1.00 bits per heavy atom. The molecule has 1 N–H and O–H groups in total. The van der Waals surface area contributed by atoms with Gasteiger partial charge in [0.25, 0.3) is 11.8 Å². The minimum atomic E-state index is -0.321. The Balaban J connectivity index is 1.71. The monoisotopic (exact) mass is 334 g/mol. The van der Waals surface area contributed by atoms with Crippen molar-refractivity contribution in [2.24, 2.45) is 0 Å². The standard InChI is InChI=1S/C19H14N2O4/c1-11-16(17(25-20-11)12-6-8-13(22)9-7-12)10-21-18(23)14-4-2-3-5-15(14)19(21)24/h2-9,22H,10H2,1H3. The lowest BCUT2D eigenvalue weighted by atomic mass is 10.1. The van der Waals surface area contributed by atoms with E-state index in [1.807, 2.05) is 0 Å². The van der Waals surface area contributed by atoms with Crippen LogP contribution in [0.4, 0.5) is 0 Å². The number of amides is 2. The van der Waals surface area contributed by atoms with E-state index in [-0.39, 0.29) is 24.1 Å². The fraction of sp³-hybridized carbons (Fsp3) is 0.105. The Morgan fingerprint density at radius 3 is 2.20 bits per heavy atom. The van der Waals surface area contributed by atoms with Crippen molar-refractivity contribution < 1.29 is 19.2 Å². The number of hydrogen-bond acceptors (Lipinski definition) is 5. The lowest BCUT2D eigenvalue weighted by Crippen LogP contribution is -2.29. The highest BCUT2D eigenvalue weighted by Crippen LogP contribution is 2.31. The molecule has 2 heterocycles. The van der Waals surface area contributed by atoms with E-state index in [0.717, 1.165) is 0 Å². The first-order valence-corrected chi connectivity index (χ1v) is 7.76. The highest BCUT2D eigenvalue weighted by molar-refractivity contribution is 6.21. The summed E-state index contributed by atoms with van der Waals surface area (Å²) in [6.45, 7) is 1.85. The summed E-state index contributed by atoms with van der Waals surface area (Å²) in [6.07, 6.45) is 0. The van der Waals surface area contributed by atoms with Crippen LogP contribution in [0.3, 0.4) is 0 Å². The van der Waals surface area contributed by atoms with Crippen LogP contribution < -0.4 is 0 Å². The smallest absolute Gasteiger partial charge is 0.261 e. The number of phenolic OH excluding ortho intramolecular Hbond substituents is 1. The van der Waals surface area contributed by atoms with Gasteiger partial charge in [-0.1, -0.05) is 17.3 Å². The van der Waals surface area contributed by atoms with Gasteiger partial charge in [0.15, 0.2) is 5.76 Å². The molecule has 6 nitrogen and oxygen atoms in total. The number of phenols is 1. The molecule has 0 atom stereocenters. The van der Waals surface area contributed by atoms with Gasteiger partial charge in [0.05, 0.1) is 23.4 Å². The second-order valence-electron chi connectivity index (χ2n) is 5.86. The molecule has 0 aliphatic carbocycles. The Kier molecular flexibility index (Phi) is 3.39. The van der Waals surface area contributed by atoms with Crippen LogP contribution in [0.5, 0.6) is 5.75 Å². The second kappa shape index (κ2) is 5.59. The van der Waals surface area contributed by atoms with Crippen LogP contribution in [0.1, 0.15) is 32.0 Å². The van der Waals surface area contributed by atoms with E-state index >= 15 is 0 Å². The predicted octanol–water partition coefficient (Wildman–Crippen LogP) is 3.15. The molecule has 1 aromatic heterocycles. The summed E-state index contributed by atoms with van der Waals surface area (Å²) in [5.41, 5.74) is 2.81. The Labute approximate surface area is 143 Å². The van der Waals surface area contributed by atoms with Crippen molar-refractivity contribution in [3.63, 3.8) is 0 Å². The number of aromatic nitrogens is 1. The minimum absolute atomic E-state index is 0.0812. The highest BCUT2D eigenvalue weighted by Gasteiger charge is 2.36. The highest BCUT2D eigenvalue weighted by atomic mass is 16.5. The molecule has 4 rings (SSSR count). The Bertz CT molecular complexity index is 954. The van der Waals surface area contributed by atoms with Crippen LogP contribution in [0.2, 0.25) is 0 Å². The average molecular weight is 334 g/mol. The zero-order valence-electron chi connectivity index (χ0n) is 13.4. The van der Waals surface area contributed by atoms with Gasteiger partial charge < -0.3 is 9.63 Å². The van der Waals surface area contributed by atoms with Gasteiger partial charge in [-0.25, -0.2) is 0 Å². The summed E-state index contributed by atoms with van der Waals surface area (Å²) in [4.78, 5) is 26.3. The van der Waals surface area contributed by atoms with Crippen LogP contribution in [-0.4, -0.2) is 27.0 Å². The van der Waals surface area contributed by atoms with Gasteiger partial charge >= 0.3 is 0 Å². The quantitative estimate of drug-likeness (QED) is 0.744.